The molecule has 0 radical (unpaired) electrons. The summed E-state index contributed by atoms with van der Waals surface area (Å²) in [6.45, 7) is 0. The molecule has 0 atom stereocenters. The predicted molar refractivity (Wildman–Crippen MR) is 77.7 cm³/mol. The molecule has 0 aliphatic heterocycles. The van der Waals surface area contributed by atoms with Gasteiger partial charge in [-0.3, -0.25) is 9.48 Å². The zero-order chi connectivity index (χ0) is 13.2. The number of aryl methyl sites for hydroxylation is 2. The molecule has 2 aromatic heterocycles. The zero-order valence-electron chi connectivity index (χ0n) is 10.7. The van der Waals surface area contributed by atoms with Crippen molar-refractivity contribution in [1.82, 2.24) is 9.78 Å². The fraction of sp³-hybridized carbons (Fsp3) is 0.200. The first-order valence-electron chi connectivity index (χ1n) is 6.23. The van der Waals surface area contributed by atoms with Crippen molar-refractivity contribution < 1.29 is 4.79 Å². The molecular weight excluding hydrogens is 256 g/mol. The highest BCUT2D eigenvalue weighted by molar-refractivity contribution is 7.20. The fourth-order valence-electron chi connectivity index (χ4n) is 2.13. The molecule has 4 heteroatoms. The molecule has 2 heterocycles. The van der Waals surface area contributed by atoms with Crippen LogP contribution in [-0.2, 0) is 13.5 Å². The average Bonchev–Trinajstić information content (AvgIpc) is 3.01. The Kier molecular flexibility index (Phi) is 3.17. The van der Waals surface area contributed by atoms with Gasteiger partial charge in [0.2, 0.25) is 0 Å². The van der Waals surface area contributed by atoms with Crippen LogP contribution in [0.4, 0.5) is 0 Å². The van der Waals surface area contributed by atoms with Gasteiger partial charge in [-0.2, -0.15) is 5.10 Å². The number of rotatable bonds is 4. The third kappa shape index (κ3) is 2.44. The predicted octanol–water partition coefficient (Wildman–Crippen LogP) is 3.45. The number of carbonyl (C=O) groups is 1. The Balaban J connectivity index is 1.75. The summed E-state index contributed by atoms with van der Waals surface area (Å²) in [7, 11) is 1.90. The van der Waals surface area contributed by atoms with E-state index >= 15 is 0 Å². The Morgan fingerprint density at radius 3 is 2.89 bits per heavy atom. The van der Waals surface area contributed by atoms with Gasteiger partial charge in [0, 0.05) is 30.1 Å². The summed E-state index contributed by atoms with van der Waals surface area (Å²) >= 11 is 1.57. The largest absolute Gasteiger partial charge is 0.293 e. The molecule has 0 bridgehead atoms. The lowest BCUT2D eigenvalue weighted by atomic mass is 10.1. The molecule has 3 nitrogen and oxygen atoms in total. The third-order valence-corrected chi connectivity index (χ3v) is 4.39. The van der Waals surface area contributed by atoms with E-state index in [0.717, 1.165) is 22.4 Å². The van der Waals surface area contributed by atoms with Crippen molar-refractivity contribution in [3.63, 3.8) is 0 Å². The average molecular weight is 270 g/mol. The van der Waals surface area contributed by atoms with Crippen LogP contribution in [0.5, 0.6) is 0 Å². The zero-order valence-corrected chi connectivity index (χ0v) is 11.5. The summed E-state index contributed by atoms with van der Waals surface area (Å²) in [6, 6.07) is 12.0. The summed E-state index contributed by atoms with van der Waals surface area (Å²) in [5.41, 5.74) is 1.09. The Labute approximate surface area is 115 Å². The van der Waals surface area contributed by atoms with Crippen LogP contribution < -0.4 is 0 Å². The summed E-state index contributed by atoms with van der Waals surface area (Å²) in [6.07, 6.45) is 3.04. The highest BCUT2D eigenvalue weighted by atomic mass is 32.1. The van der Waals surface area contributed by atoms with Crippen LogP contribution in [0.15, 0.2) is 42.6 Å². The molecule has 0 amide bonds. The van der Waals surface area contributed by atoms with Gasteiger partial charge in [0.15, 0.2) is 5.78 Å². The Hall–Kier alpha value is -1.94. The number of ketones is 1. The first-order chi connectivity index (χ1) is 9.24. The number of benzene rings is 1. The lowest BCUT2D eigenvalue weighted by molar-refractivity contribution is 0.0986. The maximum Gasteiger partial charge on any atom is 0.173 e. The van der Waals surface area contributed by atoms with E-state index in [-0.39, 0.29) is 5.78 Å². The second-order valence-corrected chi connectivity index (χ2v) is 5.60. The SMILES string of the molecule is Cn1nccc1CCC(=O)c1cc2ccccc2s1. The molecule has 3 aromatic rings. The molecule has 19 heavy (non-hydrogen) atoms. The Bertz CT molecular complexity index is 693. The molecule has 0 spiro atoms. The number of carbonyl (C=O) groups excluding carboxylic acids is 1. The van der Waals surface area contributed by atoms with Crippen LogP contribution in [0.1, 0.15) is 21.8 Å². The van der Waals surface area contributed by atoms with E-state index in [4.69, 9.17) is 0 Å². The first-order valence-corrected chi connectivity index (χ1v) is 7.04. The number of aromatic nitrogens is 2. The number of Topliss-reactive ketones (excluding diaryl/α,β-unsaturated/α-hetero) is 1. The number of fused-ring (bicyclic) bond motifs is 1. The quantitative estimate of drug-likeness (QED) is 0.681. The van der Waals surface area contributed by atoms with Gasteiger partial charge >= 0.3 is 0 Å². The molecule has 0 N–H and O–H groups in total. The van der Waals surface area contributed by atoms with Gasteiger partial charge in [-0.1, -0.05) is 18.2 Å². The van der Waals surface area contributed by atoms with Crippen LogP contribution in [0.3, 0.4) is 0 Å². The van der Waals surface area contributed by atoms with Crippen molar-refractivity contribution in [2.45, 2.75) is 12.8 Å². The summed E-state index contributed by atoms with van der Waals surface area (Å²) in [5, 5.41) is 5.26. The van der Waals surface area contributed by atoms with E-state index in [0.29, 0.717) is 6.42 Å². The molecule has 0 aliphatic carbocycles. The van der Waals surface area contributed by atoms with Crippen LogP contribution in [0.25, 0.3) is 10.1 Å². The topological polar surface area (TPSA) is 34.9 Å². The van der Waals surface area contributed by atoms with Gasteiger partial charge in [-0.05, 0) is 30.0 Å². The van der Waals surface area contributed by atoms with Crippen molar-refractivity contribution in [1.29, 1.82) is 0 Å². The van der Waals surface area contributed by atoms with E-state index in [1.54, 1.807) is 17.5 Å². The number of hydrogen-bond donors (Lipinski definition) is 0. The van der Waals surface area contributed by atoms with Crippen LogP contribution in [0, 0.1) is 0 Å². The molecule has 0 aliphatic rings. The van der Waals surface area contributed by atoms with Crippen molar-refractivity contribution in [3.8, 4) is 0 Å². The van der Waals surface area contributed by atoms with Gasteiger partial charge in [0.05, 0.1) is 4.88 Å². The van der Waals surface area contributed by atoms with Crippen molar-refractivity contribution >= 4 is 27.2 Å². The lowest BCUT2D eigenvalue weighted by Gasteiger charge is -2.00. The Morgan fingerprint density at radius 2 is 2.16 bits per heavy atom. The minimum Gasteiger partial charge on any atom is -0.293 e. The van der Waals surface area contributed by atoms with Crippen LogP contribution in [0.2, 0.25) is 0 Å². The van der Waals surface area contributed by atoms with E-state index in [2.05, 4.69) is 11.2 Å². The Morgan fingerprint density at radius 1 is 1.32 bits per heavy atom. The highest BCUT2D eigenvalue weighted by Crippen LogP contribution is 2.26. The maximum absolute atomic E-state index is 12.2. The van der Waals surface area contributed by atoms with Gasteiger partial charge < -0.3 is 0 Å². The molecule has 1 aromatic carbocycles. The smallest absolute Gasteiger partial charge is 0.173 e. The number of hydrogen-bond acceptors (Lipinski definition) is 3. The van der Waals surface area contributed by atoms with Crippen molar-refractivity contribution in [2.75, 3.05) is 0 Å². The minimum atomic E-state index is 0.211. The minimum absolute atomic E-state index is 0.211. The van der Waals surface area contributed by atoms with E-state index in [1.165, 1.54) is 4.70 Å². The highest BCUT2D eigenvalue weighted by Gasteiger charge is 2.11. The van der Waals surface area contributed by atoms with Crippen molar-refractivity contribution in [3.05, 3.63) is 53.2 Å². The second-order valence-electron chi connectivity index (χ2n) is 4.52. The fourth-order valence-corrected chi connectivity index (χ4v) is 3.16. The molecule has 96 valence electrons. The molecule has 0 saturated carbocycles. The summed E-state index contributed by atoms with van der Waals surface area (Å²) < 4.78 is 2.99. The standard InChI is InChI=1S/C15H14N2OS/c1-17-12(8-9-16-17)6-7-13(18)15-10-11-4-2-3-5-14(11)19-15/h2-5,8-10H,6-7H2,1H3. The molecule has 0 saturated heterocycles. The van der Waals surface area contributed by atoms with E-state index in [1.807, 2.05) is 42.1 Å². The summed E-state index contributed by atoms with van der Waals surface area (Å²) in [5.74, 6) is 0.211. The van der Waals surface area contributed by atoms with E-state index in [9.17, 15) is 4.79 Å². The normalized spacial score (nSPS) is 11.0. The van der Waals surface area contributed by atoms with E-state index < -0.39 is 0 Å². The molecule has 3 rings (SSSR count). The third-order valence-electron chi connectivity index (χ3n) is 3.23. The lowest BCUT2D eigenvalue weighted by Crippen LogP contribution is -2.03. The second kappa shape index (κ2) is 4.97. The summed E-state index contributed by atoms with van der Waals surface area (Å²) in [4.78, 5) is 13.1. The molecule has 0 unspecified atom stereocenters. The van der Waals surface area contributed by atoms with Gasteiger partial charge in [-0.25, -0.2) is 0 Å². The monoisotopic (exact) mass is 270 g/mol. The maximum atomic E-state index is 12.2. The van der Waals surface area contributed by atoms with Gasteiger partial charge in [0.25, 0.3) is 0 Å². The number of thiophene rings is 1. The molecule has 0 fully saturated rings. The van der Waals surface area contributed by atoms with Gasteiger partial charge in [0.1, 0.15) is 0 Å². The van der Waals surface area contributed by atoms with Crippen molar-refractivity contribution in [2.24, 2.45) is 7.05 Å². The van der Waals surface area contributed by atoms with Crippen LogP contribution in [-0.4, -0.2) is 15.6 Å². The number of nitrogens with zero attached hydrogens (tertiary/aromatic N) is 2. The van der Waals surface area contributed by atoms with Gasteiger partial charge in [-0.15, -0.1) is 11.3 Å². The first kappa shape index (κ1) is 12.1. The molecular formula is C15H14N2OS. The van der Waals surface area contributed by atoms with Crippen LogP contribution >= 0.6 is 11.3 Å².